The number of rotatable bonds is 9. The van der Waals surface area contributed by atoms with Crippen LogP contribution in [0.5, 0.6) is 11.5 Å². The third-order valence-electron chi connectivity index (χ3n) is 4.57. The zero-order valence-electron chi connectivity index (χ0n) is 18.5. The van der Waals surface area contributed by atoms with E-state index in [1.54, 1.807) is 30.2 Å². The molecular weight excluding hydrogens is 428 g/mol. The topological polar surface area (TPSA) is 60.5 Å². The molecule has 1 aromatic heterocycles. The summed E-state index contributed by atoms with van der Waals surface area (Å²) in [5.74, 6) is 2.07. The minimum atomic E-state index is -0.170. The van der Waals surface area contributed by atoms with Crippen molar-refractivity contribution in [2.45, 2.75) is 50.5 Å². The molecule has 0 aliphatic carbocycles. The van der Waals surface area contributed by atoms with Gasteiger partial charge in [0.2, 0.25) is 0 Å². The van der Waals surface area contributed by atoms with E-state index in [9.17, 15) is 4.79 Å². The van der Waals surface area contributed by atoms with Gasteiger partial charge in [-0.05, 0) is 69.7 Å². The van der Waals surface area contributed by atoms with Crippen LogP contribution in [0.1, 0.15) is 53.4 Å². The van der Waals surface area contributed by atoms with Crippen molar-refractivity contribution in [1.82, 2.24) is 10.3 Å². The lowest BCUT2D eigenvalue weighted by Crippen LogP contribution is -2.26. The van der Waals surface area contributed by atoms with Crippen molar-refractivity contribution >= 4 is 29.0 Å². The maximum atomic E-state index is 12.7. The summed E-state index contributed by atoms with van der Waals surface area (Å²) in [5.41, 5.74) is 2.67. The van der Waals surface area contributed by atoms with Crippen LogP contribution in [0.3, 0.4) is 0 Å². The molecule has 3 rings (SSSR count). The van der Waals surface area contributed by atoms with Crippen LogP contribution in [-0.2, 0) is 5.75 Å². The van der Waals surface area contributed by atoms with Gasteiger partial charge in [-0.3, -0.25) is 4.79 Å². The molecule has 1 amide bonds. The van der Waals surface area contributed by atoms with E-state index in [0.717, 1.165) is 26.9 Å². The highest BCUT2D eigenvalue weighted by Crippen LogP contribution is 2.31. The summed E-state index contributed by atoms with van der Waals surface area (Å²) in [6.07, 6.45) is 0.0589. The van der Waals surface area contributed by atoms with E-state index in [4.69, 9.17) is 9.47 Å². The summed E-state index contributed by atoms with van der Waals surface area (Å²) in [6, 6.07) is 13.2. The molecular formula is C24H28N2O3S2. The van der Waals surface area contributed by atoms with Gasteiger partial charge in [-0.1, -0.05) is 6.07 Å². The largest absolute Gasteiger partial charge is 0.493 e. The minimum absolute atomic E-state index is 0.0589. The molecule has 0 radical (unpaired) electrons. The summed E-state index contributed by atoms with van der Waals surface area (Å²) >= 11 is 3.38. The number of methoxy groups -OCH3 is 1. The molecule has 3 aromatic rings. The molecule has 1 unspecified atom stereocenters. The molecule has 0 saturated heterocycles. The van der Waals surface area contributed by atoms with Gasteiger partial charge in [0.15, 0.2) is 11.5 Å². The highest BCUT2D eigenvalue weighted by Gasteiger charge is 2.15. The van der Waals surface area contributed by atoms with Gasteiger partial charge in [-0.2, -0.15) is 0 Å². The van der Waals surface area contributed by atoms with Crippen LogP contribution >= 0.6 is 23.1 Å². The number of nitrogens with one attached hydrogen (secondary N) is 1. The predicted octanol–water partition coefficient (Wildman–Crippen LogP) is 6.03. The van der Waals surface area contributed by atoms with Crippen LogP contribution in [-0.4, -0.2) is 24.1 Å². The van der Waals surface area contributed by atoms with E-state index < -0.39 is 0 Å². The maximum Gasteiger partial charge on any atom is 0.251 e. The molecule has 0 saturated carbocycles. The number of carbonyl (C=O) groups is 1. The third-order valence-corrected chi connectivity index (χ3v) is 6.44. The van der Waals surface area contributed by atoms with Crippen molar-refractivity contribution in [3.8, 4) is 11.5 Å². The highest BCUT2D eigenvalue weighted by atomic mass is 32.2. The van der Waals surface area contributed by atoms with Crippen LogP contribution in [0.2, 0.25) is 0 Å². The molecule has 1 N–H and O–H groups in total. The summed E-state index contributed by atoms with van der Waals surface area (Å²) in [6.45, 7) is 7.91. The number of hydrogen-bond acceptors (Lipinski definition) is 6. The van der Waals surface area contributed by atoms with Gasteiger partial charge < -0.3 is 14.8 Å². The first-order valence-corrected chi connectivity index (χ1v) is 12.0. The van der Waals surface area contributed by atoms with Crippen molar-refractivity contribution in [2.24, 2.45) is 0 Å². The van der Waals surface area contributed by atoms with E-state index in [-0.39, 0.29) is 18.1 Å². The van der Waals surface area contributed by atoms with E-state index in [1.165, 1.54) is 0 Å². The number of nitrogens with zero attached hydrogens (tertiary/aromatic N) is 1. The highest BCUT2D eigenvalue weighted by molar-refractivity contribution is 7.98. The molecule has 0 spiro atoms. The van der Waals surface area contributed by atoms with Crippen molar-refractivity contribution in [3.05, 3.63) is 69.7 Å². The fraction of sp³-hybridized carbons (Fsp3) is 0.333. The second-order valence-electron chi connectivity index (χ2n) is 7.44. The molecule has 1 atom stereocenters. The average Bonchev–Trinajstić information content (AvgIpc) is 3.17. The second-order valence-corrected chi connectivity index (χ2v) is 9.55. The first-order chi connectivity index (χ1) is 14.9. The molecule has 0 aliphatic heterocycles. The van der Waals surface area contributed by atoms with Crippen molar-refractivity contribution in [1.29, 1.82) is 0 Å². The standard InChI is InChI=1S/C24H28N2O3S2/c1-15(2)29-22-11-8-19(12-23(22)28-5)16(3)25-24(27)18-6-9-21(10-7-18)31-14-20-13-30-17(4)26-20/h6-13,15-16H,14H2,1-5H3,(H,25,27). The van der Waals surface area contributed by atoms with Crippen molar-refractivity contribution in [3.63, 3.8) is 0 Å². The zero-order chi connectivity index (χ0) is 22.4. The average molecular weight is 457 g/mol. The van der Waals surface area contributed by atoms with Gasteiger partial charge in [0.25, 0.3) is 5.91 Å². The van der Waals surface area contributed by atoms with E-state index >= 15 is 0 Å². The van der Waals surface area contributed by atoms with Crippen LogP contribution in [0.4, 0.5) is 0 Å². The number of aromatic nitrogens is 1. The Morgan fingerprint density at radius 3 is 2.48 bits per heavy atom. The normalized spacial score (nSPS) is 11.9. The third kappa shape index (κ3) is 6.48. The summed E-state index contributed by atoms with van der Waals surface area (Å²) in [4.78, 5) is 18.3. The Bertz CT molecular complexity index is 1020. The number of aryl methyl sites for hydroxylation is 1. The molecule has 0 fully saturated rings. The van der Waals surface area contributed by atoms with E-state index in [0.29, 0.717) is 17.1 Å². The predicted molar refractivity (Wildman–Crippen MR) is 127 cm³/mol. The SMILES string of the molecule is COc1cc(C(C)NC(=O)c2ccc(SCc3csc(C)n3)cc2)ccc1OC(C)C. The summed E-state index contributed by atoms with van der Waals surface area (Å²) < 4.78 is 11.2. The lowest BCUT2D eigenvalue weighted by atomic mass is 10.1. The monoisotopic (exact) mass is 456 g/mol. The van der Waals surface area contributed by atoms with Crippen LogP contribution in [0.25, 0.3) is 0 Å². The lowest BCUT2D eigenvalue weighted by molar-refractivity contribution is 0.0939. The lowest BCUT2D eigenvalue weighted by Gasteiger charge is -2.18. The zero-order valence-corrected chi connectivity index (χ0v) is 20.1. The van der Waals surface area contributed by atoms with Gasteiger partial charge in [-0.25, -0.2) is 4.98 Å². The molecule has 7 heteroatoms. The summed E-state index contributed by atoms with van der Waals surface area (Å²) in [7, 11) is 1.62. The van der Waals surface area contributed by atoms with Crippen molar-refractivity contribution in [2.75, 3.05) is 7.11 Å². The molecule has 164 valence electrons. The second kappa shape index (κ2) is 10.7. The van der Waals surface area contributed by atoms with Gasteiger partial charge in [-0.15, -0.1) is 23.1 Å². The van der Waals surface area contributed by atoms with Gasteiger partial charge >= 0.3 is 0 Å². The number of carbonyl (C=O) groups excluding carboxylic acids is 1. The number of thiazole rings is 1. The quantitative estimate of drug-likeness (QED) is 0.398. The molecule has 0 aliphatic rings. The minimum Gasteiger partial charge on any atom is -0.493 e. The van der Waals surface area contributed by atoms with Crippen molar-refractivity contribution < 1.29 is 14.3 Å². The Morgan fingerprint density at radius 1 is 1.13 bits per heavy atom. The smallest absolute Gasteiger partial charge is 0.251 e. The van der Waals surface area contributed by atoms with Gasteiger partial charge in [0.05, 0.1) is 30.0 Å². The number of benzene rings is 2. The molecule has 2 aromatic carbocycles. The van der Waals surface area contributed by atoms with Crippen LogP contribution < -0.4 is 14.8 Å². The number of hydrogen-bond donors (Lipinski definition) is 1. The maximum absolute atomic E-state index is 12.7. The number of amides is 1. The Balaban J connectivity index is 1.60. The number of ether oxygens (including phenoxy) is 2. The number of thioether (sulfide) groups is 1. The van der Waals surface area contributed by atoms with Gasteiger partial charge in [0, 0.05) is 21.6 Å². The Hall–Kier alpha value is -2.51. The molecule has 5 nitrogen and oxygen atoms in total. The molecule has 31 heavy (non-hydrogen) atoms. The first-order valence-electron chi connectivity index (χ1n) is 10.1. The van der Waals surface area contributed by atoms with E-state index in [2.05, 4.69) is 15.7 Å². The Kier molecular flexibility index (Phi) is 7.98. The van der Waals surface area contributed by atoms with Crippen LogP contribution in [0.15, 0.2) is 52.7 Å². The van der Waals surface area contributed by atoms with Gasteiger partial charge in [0.1, 0.15) is 0 Å². The summed E-state index contributed by atoms with van der Waals surface area (Å²) in [5, 5.41) is 6.22. The first kappa shape index (κ1) is 23.2. The Morgan fingerprint density at radius 2 is 1.87 bits per heavy atom. The fourth-order valence-electron chi connectivity index (χ4n) is 3.00. The molecule has 1 heterocycles. The fourth-order valence-corrected chi connectivity index (χ4v) is 4.51. The molecule has 0 bridgehead atoms. The van der Waals surface area contributed by atoms with Crippen LogP contribution in [0, 0.1) is 6.92 Å². The van der Waals surface area contributed by atoms with E-state index in [1.807, 2.05) is 70.2 Å². The Labute approximate surface area is 192 Å².